The van der Waals surface area contributed by atoms with Crippen LogP contribution < -0.4 is 5.32 Å². The average Bonchev–Trinajstić information content (AvgIpc) is 2.89. The number of hydrogen-bond donors (Lipinski definition) is 1. The summed E-state index contributed by atoms with van der Waals surface area (Å²) in [5.74, 6) is 1.30. The Labute approximate surface area is 202 Å². The second kappa shape index (κ2) is 10.7. The number of likely N-dealkylation sites (tertiary alicyclic amines) is 1. The summed E-state index contributed by atoms with van der Waals surface area (Å²) in [4.78, 5) is 35.3. The van der Waals surface area contributed by atoms with Gasteiger partial charge < -0.3 is 10.2 Å². The van der Waals surface area contributed by atoms with Crippen LogP contribution in [0.3, 0.4) is 0 Å². The third-order valence-corrected chi connectivity index (χ3v) is 8.05. The van der Waals surface area contributed by atoms with Gasteiger partial charge in [-0.2, -0.15) is 0 Å². The molecule has 6 nitrogen and oxygen atoms in total. The number of pyridine rings is 1. The number of aromatic nitrogens is 1. The fourth-order valence-electron chi connectivity index (χ4n) is 6.60. The number of piperidine rings is 3. The van der Waals surface area contributed by atoms with Gasteiger partial charge in [-0.05, 0) is 87.7 Å². The molecule has 0 aliphatic carbocycles. The van der Waals surface area contributed by atoms with Crippen LogP contribution in [-0.4, -0.2) is 58.3 Å². The van der Waals surface area contributed by atoms with Gasteiger partial charge >= 0.3 is 0 Å². The van der Waals surface area contributed by atoms with E-state index in [1.807, 2.05) is 48.5 Å². The SMILES string of the molecule is O=C(CCC[C@@H]1[C@H]2CCCN3CCC[C@@H](CN1C(=O)c1ccccc1)[C@@H]23)NCc1ccccn1. The van der Waals surface area contributed by atoms with Crippen molar-refractivity contribution in [1.29, 1.82) is 0 Å². The van der Waals surface area contributed by atoms with E-state index >= 15 is 0 Å². The molecule has 0 bridgehead atoms. The number of amides is 2. The Hall–Kier alpha value is -2.73. The first-order valence-electron chi connectivity index (χ1n) is 13.0. The van der Waals surface area contributed by atoms with Crippen LogP contribution in [0.4, 0.5) is 0 Å². The minimum atomic E-state index is 0.0585. The van der Waals surface area contributed by atoms with Crippen LogP contribution in [0.2, 0.25) is 0 Å². The van der Waals surface area contributed by atoms with E-state index < -0.39 is 0 Å². The molecule has 2 amide bonds. The van der Waals surface area contributed by atoms with Crippen LogP contribution in [0.1, 0.15) is 61.0 Å². The number of carbonyl (C=O) groups is 2. The molecule has 5 rings (SSSR count). The summed E-state index contributed by atoms with van der Waals surface area (Å²) in [5.41, 5.74) is 1.65. The van der Waals surface area contributed by atoms with Crippen LogP contribution >= 0.6 is 0 Å². The van der Waals surface area contributed by atoms with Crippen molar-refractivity contribution < 1.29 is 9.59 Å². The normalized spacial score (nSPS) is 26.5. The molecule has 2 aromatic rings. The number of nitrogens with one attached hydrogen (secondary N) is 1. The minimum absolute atomic E-state index is 0.0585. The van der Waals surface area contributed by atoms with Crippen molar-refractivity contribution in [2.45, 2.75) is 63.6 Å². The molecule has 0 radical (unpaired) electrons. The maximum atomic E-state index is 13.6. The summed E-state index contributed by atoms with van der Waals surface area (Å²) in [5, 5.41) is 3.00. The second-order valence-electron chi connectivity index (χ2n) is 10.1. The highest BCUT2D eigenvalue weighted by atomic mass is 16.2. The summed E-state index contributed by atoms with van der Waals surface area (Å²) in [6.07, 6.45) is 8.77. The van der Waals surface area contributed by atoms with Gasteiger partial charge in [0.15, 0.2) is 0 Å². The maximum Gasteiger partial charge on any atom is 0.254 e. The van der Waals surface area contributed by atoms with Crippen LogP contribution in [0.5, 0.6) is 0 Å². The van der Waals surface area contributed by atoms with Gasteiger partial charge in [0.1, 0.15) is 0 Å². The molecule has 4 heterocycles. The molecular weight excluding hydrogens is 424 g/mol. The Morgan fingerprint density at radius 3 is 2.59 bits per heavy atom. The Balaban J connectivity index is 1.26. The van der Waals surface area contributed by atoms with Crippen molar-refractivity contribution in [2.75, 3.05) is 19.6 Å². The standard InChI is InChI=1S/C28H36N4O2/c33-26(30-19-23-12-4-5-16-29-23)15-6-14-25-24-13-8-18-31-17-7-11-22(27(24)31)20-32(25)28(34)21-9-2-1-3-10-21/h1-5,9-10,12,16,22,24-25,27H,6-8,11,13-15,17-20H2,(H,30,33)/t22-,24+,25+,27-/m0/s1. The first kappa shape index (κ1) is 23.0. The zero-order chi connectivity index (χ0) is 23.3. The summed E-state index contributed by atoms with van der Waals surface area (Å²) < 4.78 is 0. The van der Waals surface area contributed by atoms with Gasteiger partial charge in [0.05, 0.1) is 12.2 Å². The van der Waals surface area contributed by atoms with Crippen molar-refractivity contribution >= 4 is 11.8 Å². The van der Waals surface area contributed by atoms with Crippen molar-refractivity contribution in [1.82, 2.24) is 20.1 Å². The van der Waals surface area contributed by atoms with Crippen molar-refractivity contribution in [3.63, 3.8) is 0 Å². The van der Waals surface area contributed by atoms with Crippen molar-refractivity contribution in [2.24, 2.45) is 11.8 Å². The Kier molecular flexibility index (Phi) is 7.24. The van der Waals surface area contributed by atoms with E-state index in [2.05, 4.69) is 20.1 Å². The van der Waals surface area contributed by atoms with Gasteiger partial charge in [-0.15, -0.1) is 0 Å². The molecule has 0 unspecified atom stereocenters. The lowest BCUT2D eigenvalue weighted by molar-refractivity contribution is -0.121. The van der Waals surface area contributed by atoms with Gasteiger partial charge in [0.25, 0.3) is 5.91 Å². The molecule has 3 aliphatic heterocycles. The Morgan fingerprint density at radius 1 is 1.00 bits per heavy atom. The van der Waals surface area contributed by atoms with Crippen LogP contribution in [0.25, 0.3) is 0 Å². The molecule has 1 aromatic carbocycles. The minimum Gasteiger partial charge on any atom is -0.350 e. The highest BCUT2D eigenvalue weighted by molar-refractivity contribution is 5.94. The van der Waals surface area contributed by atoms with Gasteiger partial charge in [-0.1, -0.05) is 24.3 Å². The topological polar surface area (TPSA) is 65.5 Å². The van der Waals surface area contributed by atoms with Crippen molar-refractivity contribution in [3.8, 4) is 0 Å². The summed E-state index contributed by atoms with van der Waals surface area (Å²) in [7, 11) is 0. The number of carbonyl (C=O) groups excluding carboxylic acids is 2. The number of nitrogens with zero attached hydrogens (tertiary/aromatic N) is 3. The molecule has 0 saturated carbocycles. The fourth-order valence-corrected chi connectivity index (χ4v) is 6.60. The fraction of sp³-hybridized carbons (Fsp3) is 0.536. The molecule has 180 valence electrons. The molecule has 3 aliphatic rings. The van der Waals surface area contributed by atoms with Gasteiger partial charge in [0, 0.05) is 36.8 Å². The lowest BCUT2D eigenvalue weighted by Gasteiger charge is -2.57. The smallest absolute Gasteiger partial charge is 0.254 e. The van der Waals surface area contributed by atoms with Gasteiger partial charge in [-0.25, -0.2) is 0 Å². The van der Waals surface area contributed by atoms with Crippen LogP contribution in [0, 0.1) is 11.8 Å². The molecule has 34 heavy (non-hydrogen) atoms. The predicted octanol–water partition coefficient (Wildman–Crippen LogP) is 3.88. The first-order chi connectivity index (χ1) is 16.7. The van der Waals surface area contributed by atoms with E-state index in [1.54, 1.807) is 6.20 Å². The van der Waals surface area contributed by atoms with E-state index in [1.165, 1.54) is 38.8 Å². The zero-order valence-corrected chi connectivity index (χ0v) is 19.9. The molecule has 4 atom stereocenters. The predicted molar refractivity (Wildman–Crippen MR) is 132 cm³/mol. The number of benzene rings is 1. The summed E-state index contributed by atoms with van der Waals surface area (Å²) in [6.45, 7) is 3.71. The Morgan fingerprint density at radius 2 is 1.79 bits per heavy atom. The highest BCUT2D eigenvalue weighted by Gasteiger charge is 2.49. The molecule has 6 heteroatoms. The molecule has 1 N–H and O–H groups in total. The van der Waals surface area contributed by atoms with Crippen LogP contribution in [-0.2, 0) is 11.3 Å². The zero-order valence-electron chi connectivity index (χ0n) is 19.9. The number of hydrogen-bond acceptors (Lipinski definition) is 4. The Bertz CT molecular complexity index is 965. The molecule has 0 spiro atoms. The third-order valence-electron chi connectivity index (χ3n) is 8.05. The molecule has 3 fully saturated rings. The summed E-state index contributed by atoms with van der Waals surface area (Å²) in [6, 6.07) is 16.3. The second-order valence-corrected chi connectivity index (χ2v) is 10.1. The molecule has 3 saturated heterocycles. The molecular formula is C28H36N4O2. The van der Waals surface area contributed by atoms with Crippen LogP contribution in [0.15, 0.2) is 54.7 Å². The lowest BCUT2D eigenvalue weighted by atomic mass is 9.69. The van der Waals surface area contributed by atoms with Gasteiger partial charge in [0.2, 0.25) is 5.91 Å². The maximum absolute atomic E-state index is 13.6. The third kappa shape index (κ3) is 5.02. The molecule has 1 aromatic heterocycles. The van der Waals surface area contributed by atoms with E-state index in [-0.39, 0.29) is 17.9 Å². The first-order valence-corrected chi connectivity index (χ1v) is 13.0. The van der Waals surface area contributed by atoms with E-state index in [0.717, 1.165) is 30.6 Å². The largest absolute Gasteiger partial charge is 0.350 e. The number of rotatable bonds is 7. The van der Waals surface area contributed by atoms with Gasteiger partial charge in [-0.3, -0.25) is 19.5 Å². The monoisotopic (exact) mass is 460 g/mol. The quantitative estimate of drug-likeness (QED) is 0.681. The van der Waals surface area contributed by atoms with E-state index in [9.17, 15) is 9.59 Å². The summed E-state index contributed by atoms with van der Waals surface area (Å²) >= 11 is 0. The highest BCUT2D eigenvalue weighted by Crippen LogP contribution is 2.43. The van der Waals surface area contributed by atoms with Crippen molar-refractivity contribution in [3.05, 3.63) is 66.0 Å². The van der Waals surface area contributed by atoms with E-state index in [4.69, 9.17) is 0 Å². The van der Waals surface area contributed by atoms with E-state index in [0.29, 0.717) is 30.8 Å². The average molecular weight is 461 g/mol. The lowest BCUT2D eigenvalue weighted by Crippen LogP contribution is -2.65.